The number of aliphatic hydroxyl groups is 2. The van der Waals surface area contributed by atoms with Crippen LogP contribution in [-0.2, 0) is 0 Å². The van der Waals surface area contributed by atoms with Crippen LogP contribution in [0.4, 0.5) is 0 Å². The smallest absolute Gasteiger partial charge is 0.118 e. The van der Waals surface area contributed by atoms with E-state index in [0.29, 0.717) is 47.2 Å². The van der Waals surface area contributed by atoms with E-state index in [2.05, 4.69) is 64.1 Å². The van der Waals surface area contributed by atoms with Crippen molar-refractivity contribution in [2.24, 2.45) is 35.5 Å². The molecular weight excluding hydrogens is 649 g/mol. The van der Waals surface area contributed by atoms with E-state index in [4.69, 9.17) is 9.47 Å². The van der Waals surface area contributed by atoms with Crippen LogP contribution in [0, 0.1) is 35.5 Å². The molecule has 0 amide bonds. The molecule has 4 aromatic rings. The molecule has 0 bridgehead atoms. The van der Waals surface area contributed by atoms with E-state index in [1.165, 1.54) is 27.8 Å². The summed E-state index contributed by atoms with van der Waals surface area (Å²) in [5, 5.41) is 39.3. The number of ether oxygens (including phenoxy) is 2. The average Bonchev–Trinajstić information content (AvgIpc) is 3.18. The van der Waals surface area contributed by atoms with Gasteiger partial charge in [-0.2, -0.15) is 0 Å². The van der Waals surface area contributed by atoms with Crippen molar-refractivity contribution in [3.8, 4) is 23.0 Å². The van der Waals surface area contributed by atoms with Crippen molar-refractivity contribution in [2.75, 3.05) is 27.4 Å². The topological polar surface area (TPSA) is 99.4 Å². The van der Waals surface area contributed by atoms with Crippen molar-refractivity contribution in [1.29, 1.82) is 0 Å². The monoisotopic (exact) mass is 706 g/mol. The first-order valence-corrected chi connectivity index (χ1v) is 19.0. The molecule has 0 saturated heterocycles. The number of aliphatic hydroxyl groups excluding tert-OH is 2. The van der Waals surface area contributed by atoms with Gasteiger partial charge in [-0.3, -0.25) is 0 Å². The molecular formula is C46H58O6. The predicted molar refractivity (Wildman–Crippen MR) is 211 cm³/mol. The summed E-state index contributed by atoms with van der Waals surface area (Å²) in [6.45, 7) is 9.45. The first kappa shape index (κ1) is 39.0. The fourth-order valence-electron chi connectivity index (χ4n) is 9.17. The molecule has 8 unspecified atom stereocenters. The molecule has 1 saturated carbocycles. The summed E-state index contributed by atoms with van der Waals surface area (Å²) in [6.07, 6.45) is 3.94. The molecule has 0 aromatic heterocycles. The second-order valence-electron chi connectivity index (χ2n) is 14.8. The van der Waals surface area contributed by atoms with Crippen LogP contribution >= 0.6 is 0 Å². The summed E-state index contributed by atoms with van der Waals surface area (Å²) in [5.74, 6) is 5.37. The third-order valence-electron chi connectivity index (χ3n) is 12.2. The van der Waals surface area contributed by atoms with E-state index >= 15 is 0 Å². The highest BCUT2D eigenvalue weighted by atomic mass is 16.5. The number of benzene rings is 4. The Balaban J connectivity index is 0.000000201. The highest BCUT2D eigenvalue weighted by molar-refractivity contribution is 5.93. The van der Waals surface area contributed by atoms with Gasteiger partial charge in [0, 0.05) is 13.2 Å². The highest BCUT2D eigenvalue weighted by Gasteiger charge is 2.43. The third-order valence-corrected chi connectivity index (χ3v) is 12.2. The molecule has 2 aliphatic carbocycles. The van der Waals surface area contributed by atoms with Gasteiger partial charge in [0.05, 0.1) is 14.2 Å². The van der Waals surface area contributed by atoms with Crippen LogP contribution in [0.25, 0.3) is 11.1 Å². The molecule has 8 atom stereocenters. The lowest BCUT2D eigenvalue weighted by atomic mass is 9.58. The van der Waals surface area contributed by atoms with Crippen LogP contribution < -0.4 is 9.47 Å². The number of allylic oxidation sites excluding steroid dienone is 2. The Morgan fingerprint density at radius 1 is 0.596 bits per heavy atom. The van der Waals surface area contributed by atoms with Crippen LogP contribution in [0.2, 0.25) is 0 Å². The van der Waals surface area contributed by atoms with Gasteiger partial charge in [0.25, 0.3) is 0 Å². The van der Waals surface area contributed by atoms with Crippen molar-refractivity contribution < 1.29 is 29.9 Å². The Bertz CT molecular complexity index is 1710. The fraction of sp³-hybridized carbons (Fsp3) is 0.435. The Morgan fingerprint density at radius 3 is 1.60 bits per heavy atom. The van der Waals surface area contributed by atoms with Gasteiger partial charge in [-0.25, -0.2) is 0 Å². The second-order valence-corrected chi connectivity index (χ2v) is 14.8. The number of methoxy groups -OCH3 is 2. The zero-order valence-corrected chi connectivity index (χ0v) is 31.7. The number of phenols is 2. The average molecular weight is 707 g/mol. The van der Waals surface area contributed by atoms with Gasteiger partial charge in [0.1, 0.15) is 23.0 Å². The molecule has 1 fully saturated rings. The van der Waals surface area contributed by atoms with Gasteiger partial charge in [-0.1, -0.05) is 82.6 Å². The fourth-order valence-corrected chi connectivity index (χ4v) is 9.17. The zero-order valence-electron chi connectivity index (χ0n) is 31.7. The van der Waals surface area contributed by atoms with E-state index in [0.717, 1.165) is 42.7 Å². The van der Waals surface area contributed by atoms with Crippen LogP contribution in [-0.4, -0.2) is 47.9 Å². The second kappa shape index (κ2) is 18.0. The van der Waals surface area contributed by atoms with Gasteiger partial charge in [-0.05, 0) is 149 Å². The molecule has 0 aliphatic heterocycles. The molecule has 2 aliphatic rings. The zero-order chi connectivity index (χ0) is 37.4. The minimum atomic E-state index is 0.209. The van der Waals surface area contributed by atoms with Crippen molar-refractivity contribution in [1.82, 2.24) is 0 Å². The molecule has 6 heteroatoms. The summed E-state index contributed by atoms with van der Waals surface area (Å²) in [4.78, 5) is 0. The number of hydrogen-bond acceptors (Lipinski definition) is 6. The lowest BCUT2D eigenvalue weighted by Gasteiger charge is -2.46. The van der Waals surface area contributed by atoms with Gasteiger partial charge < -0.3 is 29.9 Å². The SMILES string of the molecule is CCC1C(C)C(CO)CC(c2ccc(OC)cc2)C1c1ccc(O)cc1.CCC1C(c2ccc(O)cc2)=C(c2ccc(OC)cc2)CC(CO)C1C. The Morgan fingerprint density at radius 2 is 1.10 bits per heavy atom. The van der Waals surface area contributed by atoms with Crippen LogP contribution in [0.5, 0.6) is 23.0 Å². The van der Waals surface area contributed by atoms with Crippen molar-refractivity contribution in [2.45, 2.75) is 65.2 Å². The molecule has 6 nitrogen and oxygen atoms in total. The summed E-state index contributed by atoms with van der Waals surface area (Å²) < 4.78 is 10.6. The third kappa shape index (κ3) is 8.51. The summed E-state index contributed by atoms with van der Waals surface area (Å²) in [7, 11) is 3.36. The number of aromatic hydroxyl groups is 2. The van der Waals surface area contributed by atoms with E-state index in [-0.39, 0.29) is 24.9 Å². The van der Waals surface area contributed by atoms with Crippen LogP contribution in [0.3, 0.4) is 0 Å². The molecule has 0 spiro atoms. The lowest BCUT2D eigenvalue weighted by Crippen LogP contribution is -2.38. The van der Waals surface area contributed by atoms with Crippen molar-refractivity contribution in [3.63, 3.8) is 0 Å². The van der Waals surface area contributed by atoms with E-state index in [1.807, 2.05) is 36.4 Å². The minimum absolute atomic E-state index is 0.209. The molecule has 278 valence electrons. The molecule has 52 heavy (non-hydrogen) atoms. The molecule has 0 heterocycles. The van der Waals surface area contributed by atoms with Gasteiger partial charge >= 0.3 is 0 Å². The van der Waals surface area contributed by atoms with Crippen molar-refractivity contribution in [3.05, 3.63) is 119 Å². The summed E-state index contributed by atoms with van der Waals surface area (Å²) >= 11 is 0. The first-order valence-electron chi connectivity index (χ1n) is 19.0. The Labute approximate surface area is 310 Å². The van der Waals surface area contributed by atoms with Gasteiger partial charge in [0.15, 0.2) is 0 Å². The van der Waals surface area contributed by atoms with Crippen molar-refractivity contribution >= 4 is 11.1 Å². The Kier molecular flexibility index (Phi) is 13.5. The van der Waals surface area contributed by atoms with E-state index in [9.17, 15) is 20.4 Å². The maximum absolute atomic E-state index is 9.96. The maximum atomic E-state index is 9.96. The largest absolute Gasteiger partial charge is 0.508 e. The molecule has 4 aromatic carbocycles. The van der Waals surface area contributed by atoms with Gasteiger partial charge in [-0.15, -0.1) is 0 Å². The lowest BCUT2D eigenvalue weighted by molar-refractivity contribution is 0.0692. The van der Waals surface area contributed by atoms with Gasteiger partial charge in [0.2, 0.25) is 0 Å². The standard InChI is InChI=1S/C23H30O3.C23H28O3/c2*1-4-21-15(2)18(14-24)13-22(16-7-11-20(26-3)12-8-16)23(21)17-5-9-19(25)10-6-17/h5-12,15,18,21-25H,4,13-14H2,1-3H3;5-12,15,18,21,24-25H,4,13-14H2,1-3H3. The quantitative estimate of drug-likeness (QED) is 0.131. The predicted octanol–water partition coefficient (Wildman–Crippen LogP) is 9.93. The van der Waals surface area contributed by atoms with E-state index in [1.54, 1.807) is 38.5 Å². The number of rotatable bonds is 10. The first-order chi connectivity index (χ1) is 25.2. The molecule has 4 N–H and O–H groups in total. The minimum Gasteiger partial charge on any atom is -0.508 e. The number of phenolic OH excluding ortho intramolecular Hbond substituents is 2. The van der Waals surface area contributed by atoms with Crippen LogP contribution in [0.1, 0.15) is 87.5 Å². The summed E-state index contributed by atoms with van der Waals surface area (Å²) in [6, 6.07) is 31.8. The normalized spacial score (nSPS) is 25.9. The number of hydrogen-bond donors (Lipinski definition) is 4. The summed E-state index contributed by atoms with van der Waals surface area (Å²) in [5.41, 5.74) is 7.55. The Hall–Kier alpha value is -4.26. The molecule has 0 radical (unpaired) electrons. The highest BCUT2D eigenvalue weighted by Crippen LogP contribution is 2.53. The molecule has 6 rings (SSSR count). The van der Waals surface area contributed by atoms with E-state index < -0.39 is 0 Å². The maximum Gasteiger partial charge on any atom is 0.118 e. The van der Waals surface area contributed by atoms with Crippen LogP contribution in [0.15, 0.2) is 97.1 Å².